The minimum Gasteiger partial charge on any atom is -0.467 e. The number of Topliss-reactive ketones (excluding diaryl/α,β-unsaturated/α-hetero) is 1. The minimum absolute atomic E-state index is 0.00228. The molecule has 2 aliphatic rings. The fourth-order valence-corrected chi connectivity index (χ4v) is 3.60. The Morgan fingerprint density at radius 2 is 1.93 bits per heavy atom. The summed E-state index contributed by atoms with van der Waals surface area (Å²) in [6.45, 7) is 3.52. The van der Waals surface area contributed by atoms with E-state index in [1.54, 1.807) is 18.2 Å². The van der Waals surface area contributed by atoms with Gasteiger partial charge in [0.2, 0.25) is 0 Å². The number of para-hydroxylation sites is 1. The zero-order chi connectivity index (χ0) is 19.0. The van der Waals surface area contributed by atoms with Gasteiger partial charge in [-0.2, -0.15) is 5.10 Å². The van der Waals surface area contributed by atoms with Gasteiger partial charge in [-0.25, -0.2) is 0 Å². The highest BCUT2D eigenvalue weighted by Crippen LogP contribution is 2.36. The molecule has 1 amide bonds. The van der Waals surface area contributed by atoms with Crippen LogP contribution in [0.15, 0.2) is 58.2 Å². The van der Waals surface area contributed by atoms with Crippen molar-refractivity contribution in [2.75, 3.05) is 5.01 Å². The molecule has 2 atom stereocenters. The summed E-state index contributed by atoms with van der Waals surface area (Å²) in [5.41, 5.74) is 1.25. The summed E-state index contributed by atoms with van der Waals surface area (Å²) in [7, 11) is 0. The number of carbonyl (C=O) groups excluding carboxylic acids is 2. The number of benzene rings is 1. The molecule has 0 spiro atoms. The zero-order valence-electron chi connectivity index (χ0n) is 15.5. The van der Waals surface area contributed by atoms with E-state index in [2.05, 4.69) is 5.10 Å². The van der Waals surface area contributed by atoms with Crippen molar-refractivity contribution in [2.45, 2.75) is 51.2 Å². The van der Waals surface area contributed by atoms with Gasteiger partial charge in [-0.05, 0) is 51.0 Å². The molecule has 27 heavy (non-hydrogen) atoms. The number of hydrazone groups is 1. The number of nitrogens with zero attached hydrogens (tertiary/aromatic N) is 3. The lowest BCUT2D eigenvalue weighted by atomic mass is 10.1. The predicted octanol–water partition coefficient (Wildman–Crippen LogP) is 3.56. The topological polar surface area (TPSA) is 66.1 Å². The Morgan fingerprint density at radius 1 is 1.19 bits per heavy atom. The van der Waals surface area contributed by atoms with E-state index >= 15 is 0 Å². The highest BCUT2D eigenvalue weighted by atomic mass is 16.3. The van der Waals surface area contributed by atoms with Crippen LogP contribution in [0.1, 0.15) is 44.9 Å². The zero-order valence-corrected chi connectivity index (χ0v) is 15.5. The van der Waals surface area contributed by atoms with Crippen molar-refractivity contribution >= 4 is 23.1 Å². The van der Waals surface area contributed by atoms with Gasteiger partial charge in [0, 0.05) is 12.5 Å². The second-order valence-electron chi connectivity index (χ2n) is 7.19. The second kappa shape index (κ2) is 7.02. The number of ketones is 1. The first-order valence-electron chi connectivity index (χ1n) is 9.34. The third-order valence-corrected chi connectivity index (χ3v) is 5.19. The maximum absolute atomic E-state index is 13.3. The van der Waals surface area contributed by atoms with Crippen LogP contribution in [0, 0.1) is 0 Å². The van der Waals surface area contributed by atoms with Crippen LogP contribution < -0.4 is 5.01 Å². The highest BCUT2D eigenvalue weighted by Gasteiger charge is 2.42. The van der Waals surface area contributed by atoms with E-state index in [9.17, 15) is 9.59 Å². The summed E-state index contributed by atoms with van der Waals surface area (Å²) in [5, 5.41) is 6.24. The monoisotopic (exact) mass is 365 g/mol. The Balaban J connectivity index is 1.62. The number of amides is 1. The first-order valence-corrected chi connectivity index (χ1v) is 9.34. The van der Waals surface area contributed by atoms with Crippen LogP contribution in [0.25, 0.3) is 0 Å². The summed E-state index contributed by atoms with van der Waals surface area (Å²) in [6.07, 6.45) is 3.93. The predicted molar refractivity (Wildman–Crippen MR) is 102 cm³/mol. The maximum atomic E-state index is 13.3. The molecular weight excluding hydrogens is 342 g/mol. The molecule has 1 aliphatic heterocycles. The van der Waals surface area contributed by atoms with Crippen LogP contribution in [-0.4, -0.2) is 34.4 Å². The second-order valence-corrected chi connectivity index (χ2v) is 7.19. The Labute approximate surface area is 158 Å². The van der Waals surface area contributed by atoms with Gasteiger partial charge in [-0.3, -0.25) is 14.6 Å². The fourth-order valence-electron chi connectivity index (χ4n) is 3.60. The van der Waals surface area contributed by atoms with Crippen molar-refractivity contribution in [3.63, 3.8) is 0 Å². The molecule has 4 rings (SSSR count). The van der Waals surface area contributed by atoms with Crippen molar-refractivity contribution in [2.24, 2.45) is 5.10 Å². The lowest BCUT2D eigenvalue weighted by Gasteiger charge is -2.27. The fraction of sp³-hybridized carbons (Fsp3) is 0.381. The minimum atomic E-state index is -0.439. The number of rotatable bonds is 6. The number of furan rings is 1. The Morgan fingerprint density at radius 3 is 2.52 bits per heavy atom. The van der Waals surface area contributed by atoms with Crippen molar-refractivity contribution in [3.8, 4) is 0 Å². The van der Waals surface area contributed by atoms with Crippen LogP contribution >= 0.6 is 0 Å². The largest absolute Gasteiger partial charge is 0.467 e. The quantitative estimate of drug-likeness (QED) is 0.785. The van der Waals surface area contributed by atoms with E-state index in [-0.39, 0.29) is 23.8 Å². The molecule has 1 aromatic heterocycles. The molecule has 6 heteroatoms. The lowest BCUT2D eigenvalue weighted by molar-refractivity contribution is -0.127. The third kappa shape index (κ3) is 3.39. The van der Waals surface area contributed by atoms with Crippen molar-refractivity contribution < 1.29 is 14.0 Å². The van der Waals surface area contributed by atoms with E-state index in [1.165, 1.54) is 0 Å². The average Bonchev–Trinajstić information content (AvgIpc) is 3.19. The van der Waals surface area contributed by atoms with Gasteiger partial charge in [-0.1, -0.05) is 18.2 Å². The smallest absolute Gasteiger partial charge is 0.271 e. The molecule has 1 fully saturated rings. The summed E-state index contributed by atoms with van der Waals surface area (Å²) in [4.78, 5) is 27.4. The van der Waals surface area contributed by atoms with Crippen molar-refractivity contribution in [1.82, 2.24) is 4.90 Å². The van der Waals surface area contributed by atoms with E-state index in [1.807, 2.05) is 54.3 Å². The molecule has 140 valence electrons. The Kier molecular flexibility index (Phi) is 4.56. The molecule has 1 aliphatic carbocycles. The molecular formula is C21H23N3O3. The average molecular weight is 365 g/mol. The number of hydrogen-bond acceptors (Lipinski definition) is 5. The third-order valence-electron chi connectivity index (χ3n) is 5.19. The standard InChI is InChI=1S/C21H23N3O3/c1-14(20-9-6-12-27-20)23(16-10-11-16)21(26)18-13-19(15(2)25)24(22-18)17-7-4-3-5-8-17/h3-9,12,14,16,19H,10-11,13H2,1-2H3. The van der Waals surface area contributed by atoms with Crippen molar-refractivity contribution in [3.05, 3.63) is 54.5 Å². The Bertz CT molecular complexity index is 856. The molecule has 0 saturated heterocycles. The van der Waals surface area contributed by atoms with Crippen LogP contribution in [0.2, 0.25) is 0 Å². The van der Waals surface area contributed by atoms with Gasteiger partial charge in [0.15, 0.2) is 5.78 Å². The first-order chi connectivity index (χ1) is 13.1. The summed E-state index contributed by atoms with van der Waals surface area (Å²) in [5.74, 6) is 0.658. The molecule has 6 nitrogen and oxygen atoms in total. The molecule has 0 radical (unpaired) electrons. The van der Waals surface area contributed by atoms with Gasteiger partial charge in [0.05, 0.1) is 18.0 Å². The molecule has 2 heterocycles. The number of carbonyl (C=O) groups is 2. The van der Waals surface area contributed by atoms with Crippen LogP contribution in [0.5, 0.6) is 0 Å². The van der Waals surface area contributed by atoms with Gasteiger partial charge in [0.1, 0.15) is 17.5 Å². The molecule has 2 aromatic rings. The van der Waals surface area contributed by atoms with E-state index in [4.69, 9.17) is 4.42 Å². The highest BCUT2D eigenvalue weighted by molar-refractivity contribution is 6.40. The SMILES string of the molecule is CC(=O)C1CC(C(=O)N(C2CC2)C(C)c2ccco2)=NN1c1ccccc1. The van der Waals surface area contributed by atoms with Crippen LogP contribution in [-0.2, 0) is 9.59 Å². The molecule has 2 unspecified atom stereocenters. The van der Waals surface area contributed by atoms with Crippen LogP contribution in [0.4, 0.5) is 5.69 Å². The number of hydrogen-bond donors (Lipinski definition) is 0. The van der Waals surface area contributed by atoms with Gasteiger partial charge < -0.3 is 9.32 Å². The first kappa shape index (κ1) is 17.5. The lowest BCUT2D eigenvalue weighted by Crippen LogP contribution is -2.40. The van der Waals surface area contributed by atoms with E-state index in [0.29, 0.717) is 12.1 Å². The van der Waals surface area contributed by atoms with Crippen LogP contribution in [0.3, 0.4) is 0 Å². The van der Waals surface area contributed by atoms with Gasteiger partial charge >= 0.3 is 0 Å². The molecule has 0 N–H and O–H groups in total. The summed E-state index contributed by atoms with van der Waals surface area (Å²) in [6, 6.07) is 12.8. The van der Waals surface area contributed by atoms with Crippen molar-refractivity contribution in [1.29, 1.82) is 0 Å². The number of anilines is 1. The summed E-state index contributed by atoms with van der Waals surface area (Å²) >= 11 is 0. The molecule has 0 bridgehead atoms. The van der Waals surface area contributed by atoms with E-state index < -0.39 is 6.04 Å². The van der Waals surface area contributed by atoms with Gasteiger partial charge in [-0.15, -0.1) is 0 Å². The summed E-state index contributed by atoms with van der Waals surface area (Å²) < 4.78 is 5.52. The van der Waals surface area contributed by atoms with E-state index in [0.717, 1.165) is 24.3 Å². The normalized spacial score (nSPS) is 20.3. The Hall–Kier alpha value is -2.89. The molecule has 1 aromatic carbocycles. The maximum Gasteiger partial charge on any atom is 0.271 e. The van der Waals surface area contributed by atoms with Gasteiger partial charge in [0.25, 0.3) is 5.91 Å². The molecule has 1 saturated carbocycles.